The van der Waals surface area contributed by atoms with E-state index in [4.69, 9.17) is 0 Å². The van der Waals surface area contributed by atoms with E-state index in [-0.39, 0.29) is 5.41 Å². The Kier molecular flexibility index (Phi) is 5.56. The fourth-order valence-electron chi connectivity index (χ4n) is 3.46. The van der Waals surface area contributed by atoms with Crippen LogP contribution in [0.2, 0.25) is 0 Å². The van der Waals surface area contributed by atoms with Gasteiger partial charge in [-0.05, 0) is 36.6 Å². The molecule has 1 fully saturated rings. The van der Waals surface area contributed by atoms with Gasteiger partial charge in [-0.25, -0.2) is 0 Å². The molecular formula is C18H24BrN5. The highest BCUT2D eigenvalue weighted by Gasteiger charge is 2.35. The van der Waals surface area contributed by atoms with Crippen LogP contribution in [-0.4, -0.2) is 29.7 Å². The summed E-state index contributed by atoms with van der Waals surface area (Å²) in [6, 6.07) is 10.7. The Balaban J connectivity index is 1.64. The van der Waals surface area contributed by atoms with Crippen LogP contribution in [0.4, 0.5) is 0 Å². The van der Waals surface area contributed by atoms with E-state index in [1.54, 1.807) is 6.20 Å². The molecule has 1 saturated carbocycles. The average Bonchev–Trinajstić information content (AvgIpc) is 3.28. The molecule has 0 atom stereocenters. The number of nitrogens with one attached hydrogen (secondary N) is 3. The SMILES string of the molecule is CN=C(NCc1ccn[nH]1)NCC1(c2ccc(Br)cc2)CCCC1. The smallest absolute Gasteiger partial charge is 0.191 e. The molecule has 1 aliphatic carbocycles. The predicted octanol–water partition coefficient (Wildman–Crippen LogP) is 3.35. The lowest BCUT2D eigenvalue weighted by Gasteiger charge is -2.31. The van der Waals surface area contributed by atoms with E-state index in [1.807, 2.05) is 13.1 Å². The van der Waals surface area contributed by atoms with Gasteiger partial charge in [0.2, 0.25) is 0 Å². The summed E-state index contributed by atoms with van der Waals surface area (Å²) in [7, 11) is 1.81. The van der Waals surface area contributed by atoms with Crippen LogP contribution in [-0.2, 0) is 12.0 Å². The Morgan fingerprint density at radius 2 is 1.96 bits per heavy atom. The highest BCUT2D eigenvalue weighted by Crippen LogP contribution is 2.40. The van der Waals surface area contributed by atoms with Gasteiger partial charge < -0.3 is 10.6 Å². The minimum atomic E-state index is 0.201. The summed E-state index contributed by atoms with van der Waals surface area (Å²) in [4.78, 5) is 4.34. The first kappa shape index (κ1) is 17.0. The van der Waals surface area contributed by atoms with Gasteiger partial charge in [0.05, 0.1) is 12.2 Å². The van der Waals surface area contributed by atoms with E-state index in [2.05, 4.69) is 66.0 Å². The van der Waals surface area contributed by atoms with Crippen molar-refractivity contribution in [3.05, 3.63) is 52.3 Å². The molecule has 5 nitrogen and oxygen atoms in total. The van der Waals surface area contributed by atoms with Crippen molar-refractivity contribution in [3.8, 4) is 0 Å². The topological polar surface area (TPSA) is 65.1 Å². The van der Waals surface area contributed by atoms with Gasteiger partial charge in [0.1, 0.15) is 0 Å². The molecule has 3 N–H and O–H groups in total. The van der Waals surface area contributed by atoms with Crippen molar-refractivity contribution in [1.82, 2.24) is 20.8 Å². The molecule has 0 radical (unpaired) electrons. The molecule has 128 valence electrons. The molecule has 0 saturated heterocycles. The van der Waals surface area contributed by atoms with E-state index >= 15 is 0 Å². The number of aliphatic imine (C=N–C) groups is 1. The Morgan fingerprint density at radius 1 is 1.21 bits per heavy atom. The first-order chi connectivity index (χ1) is 11.7. The molecule has 24 heavy (non-hydrogen) atoms. The largest absolute Gasteiger partial charge is 0.356 e. The fraction of sp³-hybridized carbons (Fsp3) is 0.444. The third kappa shape index (κ3) is 3.98. The third-order valence-electron chi connectivity index (χ3n) is 4.84. The first-order valence-electron chi connectivity index (χ1n) is 8.41. The van der Waals surface area contributed by atoms with Crippen molar-refractivity contribution in [2.75, 3.05) is 13.6 Å². The molecule has 0 bridgehead atoms. The van der Waals surface area contributed by atoms with Crippen molar-refractivity contribution in [1.29, 1.82) is 0 Å². The van der Waals surface area contributed by atoms with E-state index in [0.29, 0.717) is 6.54 Å². The molecule has 1 heterocycles. The second-order valence-electron chi connectivity index (χ2n) is 6.36. The monoisotopic (exact) mass is 389 g/mol. The first-order valence-corrected chi connectivity index (χ1v) is 9.20. The maximum Gasteiger partial charge on any atom is 0.191 e. The van der Waals surface area contributed by atoms with E-state index in [9.17, 15) is 0 Å². The zero-order valence-corrected chi connectivity index (χ0v) is 15.6. The number of aromatic amines is 1. The molecule has 1 aliphatic rings. The van der Waals surface area contributed by atoms with Gasteiger partial charge in [-0.1, -0.05) is 40.9 Å². The number of hydrogen-bond acceptors (Lipinski definition) is 2. The Morgan fingerprint density at radius 3 is 2.58 bits per heavy atom. The van der Waals surface area contributed by atoms with Gasteiger partial charge in [0.15, 0.2) is 5.96 Å². The molecule has 1 aromatic carbocycles. The minimum Gasteiger partial charge on any atom is -0.356 e. The van der Waals surface area contributed by atoms with Crippen molar-refractivity contribution in [2.24, 2.45) is 4.99 Å². The van der Waals surface area contributed by atoms with Crippen LogP contribution in [0.3, 0.4) is 0 Å². The Hall–Kier alpha value is -1.82. The van der Waals surface area contributed by atoms with Crippen LogP contribution in [0.25, 0.3) is 0 Å². The fourth-order valence-corrected chi connectivity index (χ4v) is 3.72. The summed E-state index contributed by atoms with van der Waals surface area (Å²) in [5.41, 5.74) is 2.66. The van der Waals surface area contributed by atoms with Crippen molar-refractivity contribution in [3.63, 3.8) is 0 Å². The lowest BCUT2D eigenvalue weighted by molar-refractivity contribution is 0.431. The van der Waals surface area contributed by atoms with E-state index < -0.39 is 0 Å². The second kappa shape index (κ2) is 7.83. The highest BCUT2D eigenvalue weighted by molar-refractivity contribution is 9.10. The lowest BCUT2D eigenvalue weighted by atomic mass is 9.79. The summed E-state index contributed by atoms with van der Waals surface area (Å²) in [5, 5.41) is 13.8. The maximum absolute atomic E-state index is 4.34. The molecule has 3 rings (SSSR count). The van der Waals surface area contributed by atoms with Gasteiger partial charge >= 0.3 is 0 Å². The number of nitrogens with zero attached hydrogens (tertiary/aromatic N) is 2. The average molecular weight is 390 g/mol. The van der Waals surface area contributed by atoms with Crippen molar-refractivity contribution >= 4 is 21.9 Å². The van der Waals surface area contributed by atoms with Crippen LogP contribution >= 0.6 is 15.9 Å². The molecule has 2 aromatic rings. The number of aromatic nitrogens is 2. The zero-order valence-electron chi connectivity index (χ0n) is 14.0. The molecule has 1 aromatic heterocycles. The normalized spacial score (nSPS) is 17.0. The predicted molar refractivity (Wildman–Crippen MR) is 101 cm³/mol. The van der Waals surface area contributed by atoms with Gasteiger partial charge in [-0.3, -0.25) is 10.1 Å². The molecule has 0 spiro atoms. The van der Waals surface area contributed by atoms with Gasteiger partial charge in [-0.2, -0.15) is 5.10 Å². The molecular weight excluding hydrogens is 366 g/mol. The van der Waals surface area contributed by atoms with E-state index in [1.165, 1.54) is 31.2 Å². The van der Waals surface area contributed by atoms with Crippen LogP contribution in [0.1, 0.15) is 36.9 Å². The lowest BCUT2D eigenvalue weighted by Crippen LogP contribution is -2.44. The number of hydrogen-bond donors (Lipinski definition) is 3. The molecule has 0 unspecified atom stereocenters. The molecule has 6 heteroatoms. The maximum atomic E-state index is 4.34. The van der Waals surface area contributed by atoms with Crippen LogP contribution in [0, 0.1) is 0 Å². The molecule has 0 amide bonds. The number of halogens is 1. The molecule has 0 aliphatic heterocycles. The summed E-state index contributed by atoms with van der Waals surface area (Å²) in [6.45, 7) is 1.59. The summed E-state index contributed by atoms with van der Waals surface area (Å²) < 4.78 is 1.13. The van der Waals surface area contributed by atoms with Crippen LogP contribution in [0.15, 0.2) is 46.0 Å². The summed E-state index contributed by atoms with van der Waals surface area (Å²) in [6.07, 6.45) is 6.78. The number of guanidine groups is 1. The van der Waals surface area contributed by atoms with Crippen molar-refractivity contribution < 1.29 is 0 Å². The second-order valence-corrected chi connectivity index (χ2v) is 7.27. The third-order valence-corrected chi connectivity index (χ3v) is 5.37. The number of rotatable bonds is 5. The number of H-pyrrole nitrogens is 1. The summed E-state index contributed by atoms with van der Waals surface area (Å²) >= 11 is 3.53. The van der Waals surface area contributed by atoms with Gasteiger partial charge in [0, 0.05) is 29.7 Å². The standard InChI is InChI=1S/C18H24BrN5/c1-20-17(21-12-16-8-11-23-24-16)22-13-18(9-2-3-10-18)14-4-6-15(19)7-5-14/h4-8,11H,2-3,9-10,12-13H2,1H3,(H,23,24)(H2,20,21,22). The minimum absolute atomic E-state index is 0.201. The van der Waals surface area contributed by atoms with Crippen LogP contribution < -0.4 is 10.6 Å². The van der Waals surface area contributed by atoms with Crippen molar-refractivity contribution in [2.45, 2.75) is 37.6 Å². The zero-order chi connectivity index (χ0) is 16.8. The number of benzene rings is 1. The van der Waals surface area contributed by atoms with Gasteiger partial charge in [-0.15, -0.1) is 0 Å². The Labute approximate surface area is 151 Å². The highest BCUT2D eigenvalue weighted by atomic mass is 79.9. The Bertz CT molecular complexity index is 657. The van der Waals surface area contributed by atoms with Crippen LogP contribution in [0.5, 0.6) is 0 Å². The summed E-state index contributed by atoms with van der Waals surface area (Å²) in [5.74, 6) is 0.827. The van der Waals surface area contributed by atoms with Gasteiger partial charge in [0.25, 0.3) is 0 Å². The quantitative estimate of drug-likeness (QED) is 0.542. The van der Waals surface area contributed by atoms with E-state index in [0.717, 1.165) is 22.7 Å².